The second-order valence-electron chi connectivity index (χ2n) is 7.46. The molecule has 0 bridgehead atoms. The highest BCUT2D eigenvalue weighted by Crippen LogP contribution is 2.32. The summed E-state index contributed by atoms with van der Waals surface area (Å²) < 4.78 is 33.5. The fraction of sp³-hybridized carbons (Fsp3) is 0.350. The number of nitrogens with one attached hydrogen (secondary N) is 1. The van der Waals surface area contributed by atoms with Crippen LogP contribution in [-0.4, -0.2) is 41.4 Å². The third-order valence-corrected chi connectivity index (χ3v) is 8.60. The molecule has 1 saturated heterocycles. The summed E-state index contributed by atoms with van der Waals surface area (Å²) in [4.78, 5) is 12.9. The van der Waals surface area contributed by atoms with Gasteiger partial charge in [0, 0.05) is 12.1 Å². The van der Waals surface area contributed by atoms with Gasteiger partial charge in [-0.05, 0) is 51.0 Å². The Hall–Kier alpha value is -2.27. The van der Waals surface area contributed by atoms with Gasteiger partial charge < -0.3 is 4.42 Å². The Bertz CT molecular complexity index is 1200. The van der Waals surface area contributed by atoms with E-state index < -0.39 is 22.0 Å². The highest BCUT2D eigenvalue weighted by atomic mass is 35.5. The molecule has 0 aliphatic carbocycles. The molecule has 3 aromatic rings. The number of nitrogens with zero attached hydrogens (tertiary/aromatic N) is 3. The Labute approximate surface area is 189 Å². The quantitative estimate of drug-likeness (QED) is 0.585. The average molecular weight is 481 g/mol. The van der Waals surface area contributed by atoms with Crippen LogP contribution < -0.4 is 5.32 Å². The SMILES string of the molecule is Cc1cc(C)cc(-c2nnc(NC(=O)C3CCCCN3S(=O)(=O)c3ccc(Cl)s3)o2)c1. The van der Waals surface area contributed by atoms with Crippen molar-refractivity contribution >= 4 is 44.9 Å². The van der Waals surface area contributed by atoms with Gasteiger partial charge in [0.25, 0.3) is 10.0 Å². The van der Waals surface area contributed by atoms with E-state index in [-0.39, 0.29) is 22.7 Å². The molecule has 8 nitrogen and oxygen atoms in total. The van der Waals surface area contributed by atoms with E-state index >= 15 is 0 Å². The minimum absolute atomic E-state index is 0.0683. The van der Waals surface area contributed by atoms with E-state index in [9.17, 15) is 13.2 Å². The van der Waals surface area contributed by atoms with Crippen molar-refractivity contribution in [3.8, 4) is 11.5 Å². The summed E-state index contributed by atoms with van der Waals surface area (Å²) in [5.74, 6) is -0.218. The zero-order valence-corrected chi connectivity index (χ0v) is 19.4. The number of halogens is 1. The van der Waals surface area contributed by atoms with Crippen molar-refractivity contribution in [2.45, 2.75) is 43.4 Å². The number of hydrogen-bond acceptors (Lipinski definition) is 7. The molecule has 4 rings (SSSR count). The molecular formula is C20H21ClN4O4S2. The first kappa shape index (κ1) is 21.9. The molecular weight excluding hydrogens is 460 g/mol. The maximum absolute atomic E-state index is 13.1. The molecule has 0 saturated carbocycles. The Morgan fingerprint density at radius 3 is 2.61 bits per heavy atom. The molecule has 1 atom stereocenters. The van der Waals surface area contributed by atoms with Gasteiger partial charge in [-0.1, -0.05) is 40.3 Å². The number of anilines is 1. The fourth-order valence-corrected chi connectivity index (χ4v) is 6.95. The van der Waals surface area contributed by atoms with Crippen LogP contribution in [0.15, 0.2) is 39.0 Å². The van der Waals surface area contributed by atoms with Crippen molar-refractivity contribution in [1.82, 2.24) is 14.5 Å². The smallest absolute Gasteiger partial charge is 0.322 e. The lowest BCUT2D eigenvalue weighted by molar-refractivity contribution is -0.120. The molecule has 31 heavy (non-hydrogen) atoms. The van der Waals surface area contributed by atoms with Crippen LogP contribution in [0.3, 0.4) is 0 Å². The molecule has 11 heteroatoms. The largest absolute Gasteiger partial charge is 0.403 e. The van der Waals surface area contributed by atoms with Gasteiger partial charge in [-0.2, -0.15) is 4.31 Å². The Morgan fingerprint density at radius 2 is 1.94 bits per heavy atom. The van der Waals surface area contributed by atoms with Gasteiger partial charge in [-0.3, -0.25) is 10.1 Å². The Morgan fingerprint density at radius 1 is 1.19 bits per heavy atom. The highest BCUT2D eigenvalue weighted by Gasteiger charge is 2.38. The number of hydrogen-bond donors (Lipinski definition) is 1. The standard InChI is InChI=1S/C20H21ClN4O4S2/c1-12-9-13(2)11-14(10-12)19-23-24-20(29-19)22-18(26)15-5-3-4-8-25(15)31(27,28)17-7-6-16(21)30-17/h6-7,9-11,15H,3-5,8H2,1-2H3,(H,22,24,26). The normalized spacial score (nSPS) is 17.6. The van der Waals surface area contributed by atoms with Gasteiger partial charge in [0.2, 0.25) is 11.8 Å². The number of carbonyl (C=O) groups excluding carboxylic acids is 1. The van der Waals surface area contributed by atoms with Crippen LogP contribution in [0.25, 0.3) is 11.5 Å². The highest BCUT2D eigenvalue weighted by molar-refractivity contribution is 7.91. The van der Waals surface area contributed by atoms with E-state index in [1.165, 1.54) is 16.4 Å². The van der Waals surface area contributed by atoms with Crippen LogP contribution in [0.1, 0.15) is 30.4 Å². The number of thiophene rings is 1. The van der Waals surface area contributed by atoms with Crippen LogP contribution >= 0.6 is 22.9 Å². The zero-order chi connectivity index (χ0) is 22.2. The Kier molecular flexibility index (Phi) is 6.16. The molecule has 1 fully saturated rings. The topological polar surface area (TPSA) is 105 Å². The summed E-state index contributed by atoms with van der Waals surface area (Å²) in [6, 6.07) is 7.91. The molecule has 1 unspecified atom stereocenters. The van der Waals surface area contributed by atoms with Crippen LogP contribution in [0.5, 0.6) is 0 Å². The van der Waals surface area contributed by atoms with Crippen molar-refractivity contribution in [2.24, 2.45) is 0 Å². The molecule has 3 heterocycles. The van der Waals surface area contributed by atoms with E-state index in [1.807, 2.05) is 32.0 Å². The molecule has 0 radical (unpaired) electrons. The maximum atomic E-state index is 13.1. The third-order valence-electron chi connectivity index (χ3n) is 4.99. The van der Waals surface area contributed by atoms with Crippen LogP contribution in [-0.2, 0) is 14.8 Å². The molecule has 1 aliphatic rings. The van der Waals surface area contributed by atoms with Crippen LogP contribution in [0, 0.1) is 13.8 Å². The second-order valence-corrected chi connectivity index (χ2v) is 11.3. The molecule has 0 spiro atoms. The van der Waals surface area contributed by atoms with Gasteiger partial charge in [0.05, 0.1) is 4.34 Å². The summed E-state index contributed by atoms with van der Waals surface area (Å²) in [5.41, 5.74) is 2.85. The zero-order valence-electron chi connectivity index (χ0n) is 17.0. The Balaban J connectivity index is 1.54. The summed E-state index contributed by atoms with van der Waals surface area (Å²) >= 11 is 6.89. The first-order valence-corrected chi connectivity index (χ1v) is 12.4. The summed E-state index contributed by atoms with van der Waals surface area (Å²) in [5, 5.41) is 10.5. The van der Waals surface area contributed by atoms with Crippen molar-refractivity contribution in [3.63, 3.8) is 0 Å². The van der Waals surface area contributed by atoms with Crippen molar-refractivity contribution in [2.75, 3.05) is 11.9 Å². The van der Waals surface area contributed by atoms with Crippen molar-refractivity contribution < 1.29 is 17.6 Å². The predicted molar refractivity (Wildman–Crippen MR) is 119 cm³/mol. The average Bonchev–Trinajstić information content (AvgIpc) is 3.37. The third kappa shape index (κ3) is 4.67. The van der Waals surface area contributed by atoms with Gasteiger partial charge in [-0.15, -0.1) is 16.4 Å². The fourth-order valence-electron chi connectivity index (χ4n) is 3.68. The van der Waals surface area contributed by atoms with E-state index in [4.69, 9.17) is 16.0 Å². The first-order valence-electron chi connectivity index (χ1n) is 9.74. The number of aromatic nitrogens is 2. The summed E-state index contributed by atoms with van der Waals surface area (Å²) in [6.45, 7) is 4.19. The van der Waals surface area contributed by atoms with E-state index in [0.29, 0.717) is 17.2 Å². The lowest BCUT2D eigenvalue weighted by atomic mass is 10.0. The van der Waals surface area contributed by atoms with Crippen molar-refractivity contribution in [1.29, 1.82) is 0 Å². The van der Waals surface area contributed by atoms with E-state index in [2.05, 4.69) is 15.5 Å². The van der Waals surface area contributed by atoms with E-state index in [0.717, 1.165) is 34.4 Å². The number of sulfonamides is 1. The minimum atomic E-state index is -3.84. The molecule has 1 aliphatic heterocycles. The number of benzene rings is 1. The number of carbonyl (C=O) groups is 1. The number of piperidine rings is 1. The number of aryl methyl sites for hydroxylation is 2. The van der Waals surface area contributed by atoms with Gasteiger partial charge in [0.15, 0.2) is 0 Å². The van der Waals surface area contributed by atoms with E-state index in [1.54, 1.807) is 0 Å². The lowest BCUT2D eigenvalue weighted by Gasteiger charge is -2.32. The predicted octanol–water partition coefficient (Wildman–Crippen LogP) is 4.25. The summed E-state index contributed by atoms with van der Waals surface area (Å²) in [7, 11) is -3.84. The molecule has 164 valence electrons. The molecule has 1 amide bonds. The second kappa shape index (κ2) is 8.70. The number of amides is 1. The maximum Gasteiger partial charge on any atom is 0.322 e. The minimum Gasteiger partial charge on any atom is -0.403 e. The van der Waals surface area contributed by atoms with Crippen molar-refractivity contribution in [3.05, 3.63) is 45.8 Å². The van der Waals surface area contributed by atoms with Gasteiger partial charge >= 0.3 is 6.01 Å². The van der Waals surface area contributed by atoms with Crippen LogP contribution in [0.4, 0.5) is 6.01 Å². The van der Waals surface area contributed by atoms with Crippen LogP contribution in [0.2, 0.25) is 4.34 Å². The lowest BCUT2D eigenvalue weighted by Crippen LogP contribution is -2.49. The van der Waals surface area contributed by atoms with Gasteiger partial charge in [-0.25, -0.2) is 8.42 Å². The summed E-state index contributed by atoms with van der Waals surface area (Å²) in [6.07, 6.45) is 1.83. The molecule has 2 aromatic heterocycles. The number of rotatable bonds is 5. The van der Waals surface area contributed by atoms with Gasteiger partial charge in [0.1, 0.15) is 10.3 Å². The molecule has 1 aromatic carbocycles. The monoisotopic (exact) mass is 480 g/mol. The first-order chi connectivity index (χ1) is 14.7. The molecule has 1 N–H and O–H groups in total.